The fourth-order valence-electron chi connectivity index (χ4n) is 4.34. The van der Waals surface area contributed by atoms with E-state index in [-0.39, 0.29) is 5.91 Å². The molecule has 3 aromatic rings. The molecule has 0 unspecified atom stereocenters. The number of amides is 1. The van der Waals surface area contributed by atoms with E-state index in [0.29, 0.717) is 12.2 Å². The van der Waals surface area contributed by atoms with Crippen molar-refractivity contribution in [3.05, 3.63) is 58.4 Å². The second-order valence-corrected chi connectivity index (χ2v) is 8.62. The molecule has 2 aromatic heterocycles. The van der Waals surface area contributed by atoms with E-state index in [0.717, 1.165) is 67.4 Å². The highest BCUT2D eigenvalue weighted by atomic mass is 32.1. The first kappa shape index (κ1) is 18.4. The number of hydrogen-bond donors (Lipinski definition) is 0. The lowest BCUT2D eigenvalue weighted by molar-refractivity contribution is 0.0759. The van der Waals surface area contributed by atoms with Crippen LogP contribution in [0.25, 0.3) is 5.69 Å². The van der Waals surface area contributed by atoms with Crippen molar-refractivity contribution in [2.75, 3.05) is 31.1 Å². The van der Waals surface area contributed by atoms with Gasteiger partial charge in [0, 0.05) is 42.8 Å². The zero-order chi connectivity index (χ0) is 19.8. The van der Waals surface area contributed by atoms with Crippen LogP contribution in [0.5, 0.6) is 0 Å². The Bertz CT molecular complexity index is 1030. The highest BCUT2D eigenvalue weighted by Gasteiger charge is 2.30. The number of thiazole rings is 1. The minimum absolute atomic E-state index is 0.0787. The van der Waals surface area contributed by atoms with Crippen molar-refractivity contribution in [1.82, 2.24) is 19.7 Å². The number of para-hydroxylation sites is 1. The number of fused-ring (bicyclic) bond motifs is 1. The summed E-state index contributed by atoms with van der Waals surface area (Å²) >= 11 is 1.68. The Morgan fingerprint density at radius 1 is 1.03 bits per heavy atom. The monoisotopic (exact) mass is 407 g/mol. The van der Waals surface area contributed by atoms with Crippen LogP contribution in [0.15, 0.2) is 35.7 Å². The van der Waals surface area contributed by atoms with E-state index >= 15 is 0 Å². The molecule has 3 heterocycles. The normalized spacial score (nSPS) is 16.7. The number of aryl methyl sites for hydroxylation is 1. The number of carbonyl (C=O) groups excluding carboxylic acids is 1. The standard InChI is InChI=1S/C22H25N5OS/c1-16-15-29-22(23-16)26-12-6-11-25(13-14-26)21(28)20-18-9-5-10-19(18)27(24-20)17-7-3-2-4-8-17/h2-4,7-8,15H,5-6,9-14H2,1H3. The molecule has 1 saturated heterocycles. The largest absolute Gasteiger partial charge is 0.346 e. The van der Waals surface area contributed by atoms with Crippen LogP contribution in [0.2, 0.25) is 0 Å². The summed E-state index contributed by atoms with van der Waals surface area (Å²) in [6.45, 7) is 5.27. The second kappa shape index (κ2) is 7.63. The zero-order valence-corrected chi connectivity index (χ0v) is 17.5. The summed E-state index contributed by atoms with van der Waals surface area (Å²) in [7, 11) is 0. The summed E-state index contributed by atoms with van der Waals surface area (Å²) in [6.07, 6.45) is 3.98. The number of carbonyl (C=O) groups is 1. The lowest BCUT2D eigenvalue weighted by Gasteiger charge is -2.21. The van der Waals surface area contributed by atoms with Crippen molar-refractivity contribution < 1.29 is 4.79 Å². The third-order valence-electron chi connectivity index (χ3n) is 5.79. The molecule has 1 aliphatic heterocycles. The summed E-state index contributed by atoms with van der Waals surface area (Å²) in [6, 6.07) is 10.2. The Labute approximate surface area is 174 Å². The van der Waals surface area contributed by atoms with Crippen LogP contribution < -0.4 is 4.90 Å². The van der Waals surface area contributed by atoms with Crippen LogP contribution in [0.3, 0.4) is 0 Å². The van der Waals surface area contributed by atoms with Gasteiger partial charge in [0.05, 0.1) is 11.4 Å². The molecule has 1 aliphatic carbocycles. The first-order valence-corrected chi connectivity index (χ1v) is 11.2. The summed E-state index contributed by atoms with van der Waals surface area (Å²) in [5, 5.41) is 7.94. The number of nitrogens with zero attached hydrogens (tertiary/aromatic N) is 5. The fraction of sp³-hybridized carbons (Fsp3) is 0.409. The highest BCUT2D eigenvalue weighted by Crippen LogP contribution is 2.29. The molecule has 1 amide bonds. The molecule has 1 fully saturated rings. The molecular formula is C22H25N5OS. The minimum atomic E-state index is 0.0787. The first-order valence-electron chi connectivity index (χ1n) is 10.3. The smallest absolute Gasteiger partial charge is 0.274 e. The molecule has 0 radical (unpaired) electrons. The van der Waals surface area contributed by atoms with E-state index in [1.54, 1.807) is 11.3 Å². The molecule has 6 nitrogen and oxygen atoms in total. The Morgan fingerprint density at radius 2 is 1.90 bits per heavy atom. The molecule has 0 N–H and O–H groups in total. The van der Waals surface area contributed by atoms with Gasteiger partial charge in [-0.2, -0.15) is 5.10 Å². The Kier molecular flexibility index (Phi) is 4.83. The summed E-state index contributed by atoms with van der Waals surface area (Å²) in [4.78, 5) is 22.3. The van der Waals surface area contributed by atoms with Crippen LogP contribution in [0.4, 0.5) is 5.13 Å². The summed E-state index contributed by atoms with van der Waals surface area (Å²) < 4.78 is 1.98. The number of benzene rings is 1. The van der Waals surface area contributed by atoms with Crippen molar-refractivity contribution >= 4 is 22.4 Å². The number of rotatable bonds is 3. The molecule has 5 rings (SSSR count). The van der Waals surface area contributed by atoms with Crippen molar-refractivity contribution in [2.24, 2.45) is 0 Å². The molecule has 150 valence electrons. The molecular weight excluding hydrogens is 382 g/mol. The van der Waals surface area contributed by atoms with Gasteiger partial charge in [0.25, 0.3) is 5.91 Å². The molecule has 7 heteroatoms. The van der Waals surface area contributed by atoms with E-state index in [2.05, 4.69) is 27.4 Å². The Morgan fingerprint density at radius 3 is 2.69 bits per heavy atom. The van der Waals surface area contributed by atoms with E-state index < -0.39 is 0 Å². The van der Waals surface area contributed by atoms with Gasteiger partial charge in [0.1, 0.15) is 0 Å². The third kappa shape index (κ3) is 3.44. The number of aromatic nitrogens is 3. The topological polar surface area (TPSA) is 54.3 Å². The van der Waals surface area contributed by atoms with Gasteiger partial charge in [-0.05, 0) is 44.7 Å². The van der Waals surface area contributed by atoms with Gasteiger partial charge in [0.2, 0.25) is 0 Å². The predicted molar refractivity (Wildman–Crippen MR) is 115 cm³/mol. The molecule has 0 spiro atoms. The zero-order valence-electron chi connectivity index (χ0n) is 16.7. The van der Waals surface area contributed by atoms with E-state index in [1.807, 2.05) is 34.7 Å². The van der Waals surface area contributed by atoms with Gasteiger partial charge in [0.15, 0.2) is 10.8 Å². The van der Waals surface area contributed by atoms with Gasteiger partial charge in [-0.15, -0.1) is 11.3 Å². The maximum atomic E-state index is 13.4. The van der Waals surface area contributed by atoms with Crippen molar-refractivity contribution in [3.8, 4) is 5.69 Å². The van der Waals surface area contributed by atoms with Crippen LogP contribution in [0, 0.1) is 6.92 Å². The number of anilines is 1. The molecule has 29 heavy (non-hydrogen) atoms. The molecule has 1 aromatic carbocycles. The average molecular weight is 408 g/mol. The van der Waals surface area contributed by atoms with Gasteiger partial charge >= 0.3 is 0 Å². The lowest BCUT2D eigenvalue weighted by atomic mass is 10.2. The lowest BCUT2D eigenvalue weighted by Crippen LogP contribution is -2.36. The van der Waals surface area contributed by atoms with Crippen LogP contribution in [0.1, 0.15) is 40.3 Å². The maximum Gasteiger partial charge on any atom is 0.274 e. The fourth-order valence-corrected chi connectivity index (χ4v) is 5.20. The molecule has 2 aliphatic rings. The molecule has 0 saturated carbocycles. The van der Waals surface area contributed by atoms with E-state index in [1.165, 1.54) is 5.69 Å². The quantitative estimate of drug-likeness (QED) is 0.667. The highest BCUT2D eigenvalue weighted by molar-refractivity contribution is 7.13. The van der Waals surface area contributed by atoms with Gasteiger partial charge in [-0.1, -0.05) is 18.2 Å². The van der Waals surface area contributed by atoms with Gasteiger partial charge in [-0.3, -0.25) is 4.79 Å². The summed E-state index contributed by atoms with van der Waals surface area (Å²) in [5.74, 6) is 0.0787. The molecule has 0 atom stereocenters. The Hall–Kier alpha value is -2.67. The molecule has 0 bridgehead atoms. The van der Waals surface area contributed by atoms with Gasteiger partial charge in [-0.25, -0.2) is 9.67 Å². The van der Waals surface area contributed by atoms with E-state index in [4.69, 9.17) is 5.10 Å². The SMILES string of the molecule is Cc1csc(N2CCCN(C(=O)c3nn(-c4ccccc4)c4c3CCC4)CC2)n1. The van der Waals surface area contributed by atoms with Crippen molar-refractivity contribution in [3.63, 3.8) is 0 Å². The van der Waals surface area contributed by atoms with E-state index in [9.17, 15) is 4.79 Å². The average Bonchev–Trinajstić information content (AvgIpc) is 3.41. The van der Waals surface area contributed by atoms with Crippen LogP contribution in [-0.4, -0.2) is 51.8 Å². The summed E-state index contributed by atoms with van der Waals surface area (Å²) in [5.41, 5.74) is 5.10. The minimum Gasteiger partial charge on any atom is -0.346 e. The van der Waals surface area contributed by atoms with Crippen molar-refractivity contribution in [2.45, 2.75) is 32.6 Å². The first-order chi connectivity index (χ1) is 14.2. The van der Waals surface area contributed by atoms with Crippen LogP contribution >= 0.6 is 11.3 Å². The number of hydrogen-bond acceptors (Lipinski definition) is 5. The third-order valence-corrected chi connectivity index (χ3v) is 6.81. The van der Waals surface area contributed by atoms with Crippen LogP contribution in [-0.2, 0) is 12.8 Å². The van der Waals surface area contributed by atoms with Crippen molar-refractivity contribution in [1.29, 1.82) is 0 Å². The Balaban J connectivity index is 1.38. The van der Waals surface area contributed by atoms with Gasteiger partial charge < -0.3 is 9.80 Å². The maximum absolute atomic E-state index is 13.4. The second-order valence-electron chi connectivity index (χ2n) is 7.78. The predicted octanol–water partition coefficient (Wildman–Crippen LogP) is 3.48.